The van der Waals surface area contributed by atoms with Gasteiger partial charge in [-0.3, -0.25) is 4.79 Å². The number of fused-ring (bicyclic) bond motifs is 1. The van der Waals surface area contributed by atoms with Crippen LogP contribution >= 0.6 is 34.8 Å². The third-order valence-electron chi connectivity index (χ3n) is 3.61. The Labute approximate surface area is 148 Å². The third-order valence-corrected chi connectivity index (χ3v) is 4.65. The molecule has 1 aromatic heterocycles. The summed E-state index contributed by atoms with van der Waals surface area (Å²) < 4.78 is 2.00. The van der Waals surface area contributed by atoms with Crippen LogP contribution in [0.2, 0.25) is 15.1 Å². The molecule has 0 radical (unpaired) electrons. The summed E-state index contributed by atoms with van der Waals surface area (Å²) in [6.07, 6.45) is 2.21. The molecule has 3 rings (SSSR count). The Kier molecular flexibility index (Phi) is 4.53. The van der Waals surface area contributed by atoms with Crippen molar-refractivity contribution in [3.05, 3.63) is 63.2 Å². The second-order valence-electron chi connectivity index (χ2n) is 5.25. The van der Waals surface area contributed by atoms with E-state index in [1.165, 1.54) is 6.07 Å². The van der Waals surface area contributed by atoms with Gasteiger partial charge in [-0.15, -0.1) is 0 Å². The zero-order valence-corrected chi connectivity index (χ0v) is 14.5. The summed E-state index contributed by atoms with van der Waals surface area (Å²) in [5, 5.41) is 4.89. The summed E-state index contributed by atoms with van der Waals surface area (Å²) in [4.78, 5) is 12.3. The van der Waals surface area contributed by atoms with E-state index in [1.807, 2.05) is 42.1 Å². The number of benzene rings is 2. The number of hydrogen-bond acceptors (Lipinski definition) is 1. The van der Waals surface area contributed by atoms with E-state index in [9.17, 15) is 4.79 Å². The van der Waals surface area contributed by atoms with Gasteiger partial charge in [-0.1, -0.05) is 53.0 Å². The van der Waals surface area contributed by atoms with Gasteiger partial charge < -0.3 is 9.88 Å². The molecule has 0 saturated carbocycles. The molecule has 1 N–H and O–H groups in total. The van der Waals surface area contributed by atoms with Crippen LogP contribution in [0.1, 0.15) is 5.56 Å². The van der Waals surface area contributed by atoms with Crippen molar-refractivity contribution >= 4 is 57.3 Å². The van der Waals surface area contributed by atoms with E-state index >= 15 is 0 Å². The van der Waals surface area contributed by atoms with Crippen LogP contribution in [0.3, 0.4) is 0 Å². The highest BCUT2D eigenvalue weighted by atomic mass is 35.5. The zero-order valence-electron chi connectivity index (χ0n) is 12.2. The van der Waals surface area contributed by atoms with Gasteiger partial charge >= 0.3 is 0 Å². The first-order valence-corrected chi connectivity index (χ1v) is 8.06. The number of amides is 1. The van der Waals surface area contributed by atoms with E-state index in [2.05, 4.69) is 5.32 Å². The number of para-hydroxylation sites is 1. The van der Waals surface area contributed by atoms with Gasteiger partial charge in [0.05, 0.1) is 27.2 Å². The lowest BCUT2D eigenvalue weighted by atomic mass is 10.1. The fraction of sp³-hybridized carbons (Fsp3) is 0.118. The van der Waals surface area contributed by atoms with E-state index in [0.717, 1.165) is 16.5 Å². The topological polar surface area (TPSA) is 34.0 Å². The number of hydrogen-bond donors (Lipinski definition) is 1. The smallest absolute Gasteiger partial charge is 0.228 e. The molecule has 23 heavy (non-hydrogen) atoms. The van der Waals surface area contributed by atoms with Crippen molar-refractivity contribution < 1.29 is 4.79 Å². The number of nitrogens with zero attached hydrogens (tertiary/aromatic N) is 1. The standard InChI is InChI=1S/C17H13Cl3N2O/c1-22-9-10(11-4-2-3-5-16(11)22)6-17(23)21-15-8-13(19)12(18)7-14(15)20/h2-5,7-9H,6H2,1H3,(H,21,23). The van der Waals surface area contributed by atoms with Gasteiger partial charge in [-0.05, 0) is 23.8 Å². The predicted octanol–water partition coefficient (Wildman–Crippen LogP) is 5.32. The minimum Gasteiger partial charge on any atom is -0.350 e. The molecule has 1 heterocycles. The maximum absolute atomic E-state index is 12.3. The number of anilines is 1. The molecule has 2 aromatic carbocycles. The Morgan fingerprint density at radius 3 is 2.57 bits per heavy atom. The van der Waals surface area contributed by atoms with Gasteiger partial charge in [0, 0.05) is 24.1 Å². The van der Waals surface area contributed by atoms with Gasteiger partial charge in [-0.2, -0.15) is 0 Å². The van der Waals surface area contributed by atoms with Gasteiger partial charge in [0.2, 0.25) is 5.91 Å². The van der Waals surface area contributed by atoms with Crippen molar-refractivity contribution in [1.82, 2.24) is 4.57 Å². The molecule has 0 aliphatic heterocycles. The minimum absolute atomic E-state index is 0.165. The van der Waals surface area contributed by atoms with Crippen LogP contribution in [-0.4, -0.2) is 10.5 Å². The first kappa shape index (κ1) is 16.2. The summed E-state index contributed by atoms with van der Waals surface area (Å²) in [6, 6.07) is 11.0. The maximum atomic E-state index is 12.3. The Morgan fingerprint density at radius 2 is 1.78 bits per heavy atom. The molecule has 0 spiro atoms. The Balaban J connectivity index is 1.83. The molecular formula is C17H13Cl3N2O. The predicted molar refractivity (Wildman–Crippen MR) is 96.7 cm³/mol. The fourth-order valence-electron chi connectivity index (χ4n) is 2.55. The van der Waals surface area contributed by atoms with Crippen LogP contribution in [0.4, 0.5) is 5.69 Å². The number of nitrogens with one attached hydrogen (secondary N) is 1. The highest BCUT2D eigenvalue weighted by Crippen LogP contribution is 2.32. The summed E-state index contributed by atoms with van der Waals surface area (Å²) >= 11 is 17.9. The van der Waals surface area contributed by atoms with E-state index in [0.29, 0.717) is 20.8 Å². The van der Waals surface area contributed by atoms with Crippen LogP contribution in [0.15, 0.2) is 42.6 Å². The minimum atomic E-state index is -0.165. The largest absolute Gasteiger partial charge is 0.350 e. The lowest BCUT2D eigenvalue weighted by Gasteiger charge is -2.08. The first-order chi connectivity index (χ1) is 11.0. The fourth-order valence-corrected chi connectivity index (χ4v) is 3.15. The molecule has 118 valence electrons. The summed E-state index contributed by atoms with van der Waals surface area (Å²) in [5.74, 6) is -0.165. The van der Waals surface area contributed by atoms with Crippen molar-refractivity contribution in [2.45, 2.75) is 6.42 Å². The highest BCUT2D eigenvalue weighted by Gasteiger charge is 2.13. The van der Waals surface area contributed by atoms with Crippen LogP contribution < -0.4 is 5.32 Å². The maximum Gasteiger partial charge on any atom is 0.228 e. The van der Waals surface area contributed by atoms with Crippen molar-refractivity contribution in [2.75, 3.05) is 5.32 Å². The van der Waals surface area contributed by atoms with E-state index < -0.39 is 0 Å². The molecule has 3 aromatic rings. The monoisotopic (exact) mass is 366 g/mol. The Bertz CT molecular complexity index is 902. The number of aryl methyl sites for hydroxylation is 1. The van der Waals surface area contributed by atoms with Crippen LogP contribution in [0.25, 0.3) is 10.9 Å². The molecule has 1 amide bonds. The van der Waals surface area contributed by atoms with Gasteiger partial charge in [0.25, 0.3) is 0 Å². The number of carbonyl (C=O) groups excluding carboxylic acids is 1. The average molecular weight is 368 g/mol. The molecule has 0 aliphatic rings. The second-order valence-corrected chi connectivity index (χ2v) is 6.48. The van der Waals surface area contributed by atoms with Crippen LogP contribution in [-0.2, 0) is 18.3 Å². The number of aromatic nitrogens is 1. The lowest BCUT2D eigenvalue weighted by molar-refractivity contribution is -0.115. The summed E-state index contributed by atoms with van der Waals surface area (Å²) in [7, 11) is 1.96. The van der Waals surface area contributed by atoms with Crippen molar-refractivity contribution in [3.8, 4) is 0 Å². The molecule has 0 bridgehead atoms. The van der Waals surface area contributed by atoms with Crippen molar-refractivity contribution in [1.29, 1.82) is 0 Å². The van der Waals surface area contributed by atoms with Gasteiger partial charge in [-0.25, -0.2) is 0 Å². The molecule has 0 fully saturated rings. The van der Waals surface area contributed by atoms with E-state index in [1.54, 1.807) is 6.07 Å². The van der Waals surface area contributed by atoms with Crippen molar-refractivity contribution in [2.24, 2.45) is 7.05 Å². The Morgan fingerprint density at radius 1 is 1.09 bits per heavy atom. The number of carbonyl (C=O) groups is 1. The molecule has 3 nitrogen and oxygen atoms in total. The molecule has 0 saturated heterocycles. The first-order valence-electron chi connectivity index (χ1n) is 6.93. The van der Waals surface area contributed by atoms with Crippen molar-refractivity contribution in [3.63, 3.8) is 0 Å². The SMILES string of the molecule is Cn1cc(CC(=O)Nc2cc(Cl)c(Cl)cc2Cl)c2ccccc21. The molecule has 0 aliphatic carbocycles. The van der Waals surface area contributed by atoms with E-state index in [-0.39, 0.29) is 12.3 Å². The number of rotatable bonds is 3. The second kappa shape index (κ2) is 6.44. The molecule has 0 unspecified atom stereocenters. The summed E-state index contributed by atoms with van der Waals surface area (Å²) in [5.41, 5.74) is 2.49. The average Bonchev–Trinajstić information content (AvgIpc) is 2.82. The quantitative estimate of drug-likeness (QED) is 0.625. The molecule has 6 heteroatoms. The highest BCUT2D eigenvalue weighted by molar-refractivity contribution is 6.44. The zero-order chi connectivity index (χ0) is 16.6. The normalized spacial score (nSPS) is 11.0. The molecule has 0 atom stereocenters. The number of halogens is 3. The Hall–Kier alpha value is -1.68. The van der Waals surface area contributed by atoms with Gasteiger partial charge in [0.15, 0.2) is 0 Å². The summed E-state index contributed by atoms with van der Waals surface area (Å²) in [6.45, 7) is 0. The van der Waals surface area contributed by atoms with E-state index in [4.69, 9.17) is 34.8 Å². The van der Waals surface area contributed by atoms with Crippen LogP contribution in [0.5, 0.6) is 0 Å². The van der Waals surface area contributed by atoms with Crippen LogP contribution in [0, 0.1) is 0 Å². The molecular weight excluding hydrogens is 355 g/mol. The van der Waals surface area contributed by atoms with Gasteiger partial charge in [0.1, 0.15) is 0 Å². The lowest BCUT2D eigenvalue weighted by Crippen LogP contribution is -2.14. The third kappa shape index (κ3) is 3.32.